The summed E-state index contributed by atoms with van der Waals surface area (Å²) in [6, 6.07) is 9.70. The highest BCUT2D eigenvalue weighted by Crippen LogP contribution is 2.32. The molecular weight excluding hydrogens is 259 g/mol. The van der Waals surface area contributed by atoms with Crippen molar-refractivity contribution in [2.24, 2.45) is 0 Å². The molecule has 5 heteroatoms. The zero-order chi connectivity index (χ0) is 13.4. The Morgan fingerprint density at radius 2 is 1.89 bits per heavy atom. The standard InChI is InChI=1S/C13H18F3NS/c1-2-17-10-12(8-9-18-13(14,15)16)11-6-4-3-5-7-11/h3-7,12,17H,2,8-10H2,1H3. The molecule has 0 aliphatic carbocycles. The number of benzene rings is 1. The smallest absolute Gasteiger partial charge is 0.316 e. The van der Waals surface area contributed by atoms with Crippen LogP contribution in [0.2, 0.25) is 0 Å². The number of alkyl halides is 3. The van der Waals surface area contributed by atoms with Gasteiger partial charge >= 0.3 is 5.51 Å². The van der Waals surface area contributed by atoms with Gasteiger partial charge in [0.2, 0.25) is 0 Å². The van der Waals surface area contributed by atoms with E-state index >= 15 is 0 Å². The minimum atomic E-state index is -4.13. The zero-order valence-electron chi connectivity index (χ0n) is 10.3. The quantitative estimate of drug-likeness (QED) is 0.807. The first-order valence-electron chi connectivity index (χ1n) is 5.99. The molecule has 1 unspecified atom stereocenters. The number of likely N-dealkylation sites (N-methyl/N-ethyl adjacent to an activating group) is 1. The number of thioether (sulfide) groups is 1. The maximum absolute atomic E-state index is 12.1. The molecule has 0 saturated heterocycles. The fraction of sp³-hybridized carbons (Fsp3) is 0.538. The van der Waals surface area contributed by atoms with Crippen LogP contribution in [0.5, 0.6) is 0 Å². The second kappa shape index (κ2) is 7.69. The Morgan fingerprint density at radius 1 is 1.22 bits per heavy atom. The number of halogens is 3. The second-order valence-electron chi connectivity index (χ2n) is 4.00. The van der Waals surface area contributed by atoms with Crippen LogP contribution in [0, 0.1) is 0 Å². The third-order valence-corrected chi connectivity index (χ3v) is 3.41. The lowest BCUT2D eigenvalue weighted by molar-refractivity contribution is -0.0328. The number of rotatable bonds is 7. The molecule has 1 N–H and O–H groups in total. The highest BCUT2D eigenvalue weighted by atomic mass is 32.2. The molecule has 0 amide bonds. The summed E-state index contributed by atoms with van der Waals surface area (Å²) in [6.07, 6.45) is 0.529. The van der Waals surface area contributed by atoms with Crippen LogP contribution in [0.25, 0.3) is 0 Å². The maximum Gasteiger partial charge on any atom is 0.441 e. The summed E-state index contributed by atoms with van der Waals surface area (Å²) in [5.41, 5.74) is -3.03. The molecule has 1 nitrogen and oxygen atoms in total. The van der Waals surface area contributed by atoms with E-state index in [9.17, 15) is 13.2 Å². The molecule has 1 atom stereocenters. The minimum Gasteiger partial charge on any atom is -0.316 e. The third kappa shape index (κ3) is 6.31. The Morgan fingerprint density at radius 3 is 2.44 bits per heavy atom. The molecule has 0 spiro atoms. The molecule has 0 aliphatic heterocycles. The lowest BCUT2D eigenvalue weighted by Gasteiger charge is -2.18. The fourth-order valence-corrected chi connectivity index (χ4v) is 2.38. The van der Waals surface area contributed by atoms with Gasteiger partial charge in [-0.1, -0.05) is 49.0 Å². The summed E-state index contributed by atoms with van der Waals surface area (Å²) >= 11 is 0.0622. The van der Waals surface area contributed by atoms with E-state index in [1.807, 2.05) is 37.3 Å². The summed E-state index contributed by atoms with van der Waals surface area (Å²) in [4.78, 5) is 0. The van der Waals surface area contributed by atoms with Gasteiger partial charge in [0.25, 0.3) is 0 Å². The third-order valence-electron chi connectivity index (χ3n) is 2.64. The summed E-state index contributed by atoms with van der Waals surface area (Å²) in [5.74, 6) is 0.245. The van der Waals surface area contributed by atoms with Crippen LogP contribution in [0.4, 0.5) is 13.2 Å². The first-order valence-corrected chi connectivity index (χ1v) is 6.98. The van der Waals surface area contributed by atoms with Crippen molar-refractivity contribution in [2.45, 2.75) is 24.8 Å². The molecule has 0 aromatic heterocycles. The van der Waals surface area contributed by atoms with Crippen molar-refractivity contribution >= 4 is 11.8 Å². The van der Waals surface area contributed by atoms with Crippen LogP contribution in [-0.4, -0.2) is 24.4 Å². The van der Waals surface area contributed by atoms with E-state index in [0.717, 1.165) is 18.7 Å². The van der Waals surface area contributed by atoms with E-state index in [1.54, 1.807) is 0 Å². The molecule has 0 radical (unpaired) electrons. The summed E-state index contributed by atoms with van der Waals surface area (Å²) in [7, 11) is 0. The van der Waals surface area contributed by atoms with Crippen molar-refractivity contribution in [3.63, 3.8) is 0 Å². The predicted octanol–water partition coefficient (Wildman–Crippen LogP) is 4.02. The number of hydrogen-bond donors (Lipinski definition) is 1. The molecule has 0 bridgehead atoms. The van der Waals surface area contributed by atoms with Gasteiger partial charge in [-0.05, 0) is 24.4 Å². The molecule has 0 aliphatic rings. The van der Waals surface area contributed by atoms with E-state index in [0.29, 0.717) is 6.42 Å². The largest absolute Gasteiger partial charge is 0.441 e. The molecule has 0 fully saturated rings. The van der Waals surface area contributed by atoms with Crippen LogP contribution < -0.4 is 5.32 Å². The Balaban J connectivity index is 2.51. The van der Waals surface area contributed by atoms with E-state index in [4.69, 9.17) is 0 Å². The summed E-state index contributed by atoms with van der Waals surface area (Å²) in [5, 5.41) is 3.20. The van der Waals surface area contributed by atoms with Crippen molar-refractivity contribution in [1.82, 2.24) is 5.32 Å². The highest BCUT2D eigenvalue weighted by Gasteiger charge is 2.28. The molecule has 0 saturated carbocycles. The van der Waals surface area contributed by atoms with Gasteiger partial charge in [0.05, 0.1) is 0 Å². The maximum atomic E-state index is 12.1. The summed E-state index contributed by atoms with van der Waals surface area (Å²) < 4.78 is 36.3. The Bertz CT molecular complexity index is 327. The zero-order valence-corrected chi connectivity index (χ0v) is 11.2. The fourth-order valence-electron chi connectivity index (χ4n) is 1.75. The van der Waals surface area contributed by atoms with Crippen LogP contribution in [0.1, 0.15) is 24.8 Å². The van der Waals surface area contributed by atoms with Gasteiger partial charge < -0.3 is 5.32 Å². The van der Waals surface area contributed by atoms with Gasteiger partial charge in [0.15, 0.2) is 0 Å². The molecule has 102 valence electrons. The van der Waals surface area contributed by atoms with Crippen molar-refractivity contribution in [3.05, 3.63) is 35.9 Å². The summed E-state index contributed by atoms with van der Waals surface area (Å²) in [6.45, 7) is 3.54. The molecule has 1 rings (SSSR count). The van der Waals surface area contributed by atoms with Gasteiger partial charge in [-0.25, -0.2) is 0 Å². The van der Waals surface area contributed by atoms with Crippen molar-refractivity contribution in [1.29, 1.82) is 0 Å². The average molecular weight is 277 g/mol. The van der Waals surface area contributed by atoms with Gasteiger partial charge in [-0.3, -0.25) is 0 Å². The highest BCUT2D eigenvalue weighted by molar-refractivity contribution is 8.00. The van der Waals surface area contributed by atoms with Crippen LogP contribution in [-0.2, 0) is 0 Å². The molecule has 1 aromatic carbocycles. The Hall–Kier alpha value is -0.680. The lowest BCUT2D eigenvalue weighted by atomic mass is 9.96. The SMILES string of the molecule is CCNCC(CCSC(F)(F)F)c1ccccc1. The average Bonchev–Trinajstić information content (AvgIpc) is 2.33. The van der Waals surface area contributed by atoms with Crippen LogP contribution in [0.3, 0.4) is 0 Å². The monoisotopic (exact) mass is 277 g/mol. The minimum absolute atomic E-state index is 0.0622. The van der Waals surface area contributed by atoms with E-state index < -0.39 is 5.51 Å². The van der Waals surface area contributed by atoms with Crippen molar-refractivity contribution in [3.8, 4) is 0 Å². The van der Waals surface area contributed by atoms with Gasteiger partial charge in [0.1, 0.15) is 0 Å². The van der Waals surface area contributed by atoms with E-state index in [1.165, 1.54) is 0 Å². The predicted molar refractivity (Wildman–Crippen MR) is 70.9 cm³/mol. The first-order chi connectivity index (χ1) is 8.53. The second-order valence-corrected chi connectivity index (χ2v) is 5.16. The van der Waals surface area contributed by atoms with Crippen molar-refractivity contribution in [2.75, 3.05) is 18.8 Å². The van der Waals surface area contributed by atoms with Crippen LogP contribution >= 0.6 is 11.8 Å². The van der Waals surface area contributed by atoms with Crippen molar-refractivity contribution < 1.29 is 13.2 Å². The topological polar surface area (TPSA) is 12.0 Å². The Kier molecular flexibility index (Phi) is 6.57. The number of hydrogen-bond acceptors (Lipinski definition) is 2. The Labute approximate surface area is 110 Å². The van der Waals surface area contributed by atoms with Crippen LogP contribution in [0.15, 0.2) is 30.3 Å². The molecule has 0 heterocycles. The van der Waals surface area contributed by atoms with Gasteiger partial charge in [-0.15, -0.1) is 0 Å². The normalized spacial score (nSPS) is 13.6. The van der Waals surface area contributed by atoms with E-state index in [2.05, 4.69) is 5.32 Å². The first kappa shape index (κ1) is 15.4. The number of nitrogens with one attached hydrogen (secondary N) is 1. The molecular formula is C13H18F3NS. The van der Waals surface area contributed by atoms with Gasteiger partial charge in [0, 0.05) is 12.3 Å². The molecule has 18 heavy (non-hydrogen) atoms. The molecule has 1 aromatic rings. The lowest BCUT2D eigenvalue weighted by Crippen LogP contribution is -2.22. The van der Waals surface area contributed by atoms with E-state index in [-0.39, 0.29) is 23.4 Å². The van der Waals surface area contributed by atoms with Gasteiger partial charge in [-0.2, -0.15) is 13.2 Å².